The number of pyridine rings is 1. The van der Waals surface area contributed by atoms with Crippen molar-refractivity contribution in [1.82, 2.24) is 18.1 Å². The zero-order chi connectivity index (χ0) is 43.2. The molecular weight excluding hydrogens is 805 g/mol. The Labute approximate surface area is 376 Å². The van der Waals surface area contributed by atoms with Crippen molar-refractivity contribution in [2.75, 3.05) is 0 Å². The van der Waals surface area contributed by atoms with Crippen molar-refractivity contribution in [3.63, 3.8) is 0 Å². The molecule has 0 N–H and O–H groups in total. The Morgan fingerprint density at radius 1 is 0.258 bits per heavy atom. The number of rotatable bonds is 4. The molecule has 10 aromatic carbocycles. The SMILES string of the molecule is O=c1c2ccccc2c2cccc3c4cc(-c5ccc(-n6c7ccccc7c7cc(-n8c9ccccc9c9ccc%10c(c%11ccccc%11n%10-c%10ccccc%10)c98)ccc76)cc5)ccc4n1c23. The van der Waals surface area contributed by atoms with Crippen molar-refractivity contribution in [3.05, 3.63) is 229 Å². The van der Waals surface area contributed by atoms with Crippen molar-refractivity contribution in [1.29, 1.82) is 0 Å². The third-order valence-corrected chi connectivity index (χ3v) is 14.3. The standard InChI is InChI=1S/C61H36N4O/c66-61-48-18-5-4-15-42(48)45-20-12-21-46-50-35-38(27-32-56(50)65(61)59(45)46)37-25-28-40(29-26-37)62-52-22-9-7-17-44(52)51-36-41(30-33-55(51)62)64-53-23-10-6-16-43(53)47-31-34-57-58(60(47)64)49-19-8-11-24-54(49)63(57)39-13-2-1-3-14-39/h1-36H. The summed E-state index contributed by atoms with van der Waals surface area (Å²) in [6.45, 7) is 0. The molecule has 0 saturated carbocycles. The number of aromatic nitrogens is 4. The quantitative estimate of drug-likeness (QED) is 0.163. The molecule has 0 unspecified atom stereocenters. The first-order chi connectivity index (χ1) is 32.7. The van der Waals surface area contributed by atoms with Crippen molar-refractivity contribution in [2.45, 2.75) is 0 Å². The van der Waals surface area contributed by atoms with Crippen LogP contribution in [0.5, 0.6) is 0 Å². The van der Waals surface area contributed by atoms with Crippen LogP contribution in [0.2, 0.25) is 0 Å². The molecule has 0 amide bonds. The Morgan fingerprint density at radius 2 is 0.742 bits per heavy atom. The van der Waals surface area contributed by atoms with Crippen LogP contribution in [0.4, 0.5) is 0 Å². The van der Waals surface area contributed by atoms with Crippen LogP contribution in [0.3, 0.4) is 0 Å². The summed E-state index contributed by atoms with van der Waals surface area (Å²) in [5.41, 5.74) is 14.6. The highest BCUT2D eigenvalue weighted by Gasteiger charge is 2.23. The molecule has 5 aromatic heterocycles. The van der Waals surface area contributed by atoms with Crippen LogP contribution in [0.1, 0.15) is 0 Å². The number of nitrogens with zero attached hydrogens (tertiary/aromatic N) is 4. The van der Waals surface area contributed by atoms with Crippen LogP contribution in [-0.2, 0) is 0 Å². The van der Waals surface area contributed by atoms with Gasteiger partial charge in [-0.3, -0.25) is 9.20 Å². The number of fused-ring (bicyclic) bond motifs is 15. The summed E-state index contributed by atoms with van der Waals surface area (Å²) >= 11 is 0. The summed E-state index contributed by atoms with van der Waals surface area (Å²) in [5.74, 6) is 0. The van der Waals surface area contributed by atoms with E-state index in [4.69, 9.17) is 0 Å². The van der Waals surface area contributed by atoms with E-state index in [1.807, 2.05) is 22.6 Å². The first kappa shape index (κ1) is 35.5. The second kappa shape index (κ2) is 13.1. The molecule has 306 valence electrons. The first-order valence-electron chi connectivity index (χ1n) is 22.6. The highest BCUT2D eigenvalue weighted by molar-refractivity contribution is 6.26. The lowest BCUT2D eigenvalue weighted by molar-refractivity contribution is 1.17. The predicted octanol–water partition coefficient (Wildman–Crippen LogP) is 15.2. The van der Waals surface area contributed by atoms with Gasteiger partial charge in [0.15, 0.2) is 0 Å². The fraction of sp³-hybridized carbons (Fsp3) is 0. The normalized spacial score (nSPS) is 12.3. The van der Waals surface area contributed by atoms with E-state index in [1.54, 1.807) is 0 Å². The van der Waals surface area contributed by atoms with Crippen molar-refractivity contribution in [3.8, 4) is 28.2 Å². The summed E-state index contributed by atoms with van der Waals surface area (Å²) in [6.07, 6.45) is 0. The average Bonchev–Trinajstić information content (AvgIpc) is 4.11. The maximum Gasteiger partial charge on any atom is 0.263 e. The van der Waals surface area contributed by atoms with Gasteiger partial charge in [0, 0.05) is 70.9 Å². The van der Waals surface area contributed by atoms with E-state index in [-0.39, 0.29) is 5.56 Å². The smallest absolute Gasteiger partial charge is 0.263 e. The molecule has 0 aliphatic rings. The fourth-order valence-corrected chi connectivity index (χ4v) is 11.5. The van der Waals surface area contributed by atoms with Crippen LogP contribution < -0.4 is 5.56 Å². The zero-order valence-electron chi connectivity index (χ0n) is 35.5. The molecule has 5 nitrogen and oxygen atoms in total. The maximum atomic E-state index is 13.9. The van der Waals surface area contributed by atoms with E-state index in [1.165, 1.54) is 54.4 Å². The minimum absolute atomic E-state index is 0.0271. The number of hydrogen-bond acceptors (Lipinski definition) is 1. The summed E-state index contributed by atoms with van der Waals surface area (Å²) in [5, 5.41) is 12.4. The summed E-state index contributed by atoms with van der Waals surface area (Å²) < 4.78 is 9.20. The lowest BCUT2D eigenvalue weighted by atomic mass is 10.0. The molecule has 0 aliphatic carbocycles. The van der Waals surface area contributed by atoms with Gasteiger partial charge in [0.05, 0.1) is 44.1 Å². The van der Waals surface area contributed by atoms with E-state index in [0.717, 1.165) is 77.2 Å². The fourth-order valence-electron chi connectivity index (χ4n) is 11.5. The molecular formula is C61H36N4O. The largest absolute Gasteiger partial charge is 0.309 e. The monoisotopic (exact) mass is 840 g/mol. The Hall–Kier alpha value is -8.93. The average molecular weight is 841 g/mol. The zero-order valence-corrected chi connectivity index (χ0v) is 35.5. The molecule has 0 aliphatic heterocycles. The van der Waals surface area contributed by atoms with Gasteiger partial charge in [0.1, 0.15) is 0 Å². The molecule has 15 rings (SSSR count). The number of benzene rings is 10. The van der Waals surface area contributed by atoms with Gasteiger partial charge >= 0.3 is 0 Å². The third kappa shape index (κ3) is 4.65. The summed E-state index contributed by atoms with van der Waals surface area (Å²) in [7, 11) is 0. The van der Waals surface area contributed by atoms with Crippen LogP contribution >= 0.6 is 0 Å². The Kier molecular flexibility index (Phi) is 7.03. The van der Waals surface area contributed by atoms with E-state index < -0.39 is 0 Å². The third-order valence-electron chi connectivity index (χ3n) is 14.3. The van der Waals surface area contributed by atoms with Gasteiger partial charge in [-0.2, -0.15) is 0 Å². The Morgan fingerprint density at radius 3 is 1.52 bits per heavy atom. The van der Waals surface area contributed by atoms with Gasteiger partial charge in [-0.1, -0.05) is 133 Å². The first-order valence-corrected chi connectivity index (χ1v) is 22.6. The van der Waals surface area contributed by atoms with Crippen molar-refractivity contribution < 1.29 is 0 Å². The highest BCUT2D eigenvalue weighted by atomic mass is 16.1. The lowest BCUT2D eigenvalue weighted by Gasteiger charge is -2.12. The number of para-hydroxylation sites is 5. The molecule has 0 fully saturated rings. The minimum Gasteiger partial charge on any atom is -0.309 e. The summed E-state index contributed by atoms with van der Waals surface area (Å²) in [6, 6.07) is 78.5. The van der Waals surface area contributed by atoms with Crippen LogP contribution in [0.25, 0.3) is 132 Å². The predicted molar refractivity (Wildman–Crippen MR) is 276 cm³/mol. The van der Waals surface area contributed by atoms with Crippen LogP contribution in [0.15, 0.2) is 223 Å². The van der Waals surface area contributed by atoms with Crippen molar-refractivity contribution >= 4 is 103 Å². The Bertz CT molecular complexity index is 4590. The van der Waals surface area contributed by atoms with E-state index in [9.17, 15) is 4.79 Å². The number of hydrogen-bond donors (Lipinski definition) is 0. The molecule has 0 bridgehead atoms. The maximum absolute atomic E-state index is 13.9. The second-order valence-corrected chi connectivity index (χ2v) is 17.6. The van der Waals surface area contributed by atoms with Gasteiger partial charge in [0.2, 0.25) is 0 Å². The van der Waals surface area contributed by atoms with E-state index in [0.29, 0.717) is 0 Å². The van der Waals surface area contributed by atoms with Gasteiger partial charge < -0.3 is 13.7 Å². The van der Waals surface area contributed by atoms with E-state index >= 15 is 0 Å². The molecule has 5 heterocycles. The molecule has 0 spiro atoms. The second-order valence-electron chi connectivity index (χ2n) is 17.6. The van der Waals surface area contributed by atoms with Gasteiger partial charge in [-0.25, -0.2) is 0 Å². The topological polar surface area (TPSA) is 36.3 Å². The van der Waals surface area contributed by atoms with Crippen molar-refractivity contribution in [2.24, 2.45) is 0 Å². The molecule has 15 aromatic rings. The molecule has 0 atom stereocenters. The minimum atomic E-state index is 0.0271. The molecule has 5 heteroatoms. The van der Waals surface area contributed by atoms with Gasteiger partial charge in [0.25, 0.3) is 5.56 Å². The highest BCUT2D eigenvalue weighted by Crippen LogP contribution is 2.44. The molecule has 0 radical (unpaired) electrons. The summed E-state index contributed by atoms with van der Waals surface area (Å²) in [4.78, 5) is 13.9. The lowest BCUT2D eigenvalue weighted by Crippen LogP contribution is -2.12. The Balaban J connectivity index is 0.901. The van der Waals surface area contributed by atoms with Gasteiger partial charge in [-0.15, -0.1) is 0 Å². The van der Waals surface area contributed by atoms with Crippen LogP contribution in [-0.4, -0.2) is 18.1 Å². The van der Waals surface area contributed by atoms with Crippen LogP contribution in [0, 0.1) is 0 Å². The molecule has 66 heavy (non-hydrogen) atoms. The molecule has 0 saturated heterocycles. The van der Waals surface area contributed by atoms with E-state index in [2.05, 4.69) is 214 Å². The van der Waals surface area contributed by atoms with Gasteiger partial charge in [-0.05, 0) is 101 Å².